The third-order valence-electron chi connectivity index (χ3n) is 12.5. The quantitative estimate of drug-likeness (QED) is 0.155. The van der Waals surface area contributed by atoms with Crippen molar-refractivity contribution in [2.24, 2.45) is 58.2 Å². The predicted molar refractivity (Wildman–Crippen MR) is 148 cm³/mol. The Morgan fingerprint density at radius 2 is 1.64 bits per heavy atom. The molecule has 0 heterocycles. The van der Waals surface area contributed by atoms with E-state index in [4.69, 9.17) is 19.2 Å². The molecule has 0 bridgehead atoms. The normalized spacial score (nSPS) is 41.9. The zero-order valence-corrected chi connectivity index (χ0v) is 25.4. The topological polar surface area (TPSA) is 91.3 Å². The van der Waals surface area contributed by atoms with Crippen LogP contribution in [0.15, 0.2) is 0 Å². The fourth-order valence-corrected chi connectivity index (χ4v) is 9.86. The van der Waals surface area contributed by atoms with E-state index >= 15 is 0 Å². The summed E-state index contributed by atoms with van der Waals surface area (Å²) in [4.78, 5) is 34.6. The summed E-state index contributed by atoms with van der Waals surface area (Å²) in [6.45, 7) is 11.3. The van der Waals surface area contributed by atoms with Crippen LogP contribution in [0.1, 0.15) is 98.8 Å². The first kappa shape index (κ1) is 30.8. The minimum Gasteiger partial charge on any atom is -0.469 e. The van der Waals surface area contributed by atoms with Crippen LogP contribution in [0.5, 0.6) is 0 Å². The van der Waals surface area contributed by atoms with Gasteiger partial charge in [0, 0.05) is 0 Å². The van der Waals surface area contributed by atoms with Gasteiger partial charge in [-0.15, -0.1) is 0 Å². The number of hydrogen-bond acceptors (Lipinski definition) is 7. The molecule has 4 aliphatic rings. The number of esters is 2. The van der Waals surface area contributed by atoms with Gasteiger partial charge in [0.25, 0.3) is 0 Å². The van der Waals surface area contributed by atoms with E-state index in [1.54, 1.807) is 21.0 Å². The SMILES string of the molecule is COOCCCC(C)C1CCC2C3CCC4CC(OC(=O)C(C)C(C)C(=O)OC)CCC4(C)C3CC(O)C12C. The first-order valence-electron chi connectivity index (χ1n) is 15.6. The summed E-state index contributed by atoms with van der Waals surface area (Å²) in [6.07, 6.45) is 10.3. The molecular weight excluding hydrogens is 496 g/mol. The molecule has 7 nitrogen and oxygen atoms in total. The predicted octanol–water partition coefficient (Wildman–Crippen LogP) is 5.97. The van der Waals surface area contributed by atoms with Crippen LogP contribution < -0.4 is 0 Å². The van der Waals surface area contributed by atoms with Gasteiger partial charge in [-0.25, -0.2) is 9.78 Å². The van der Waals surface area contributed by atoms with Gasteiger partial charge in [0.2, 0.25) is 0 Å². The minimum atomic E-state index is -0.516. The lowest BCUT2D eigenvalue weighted by Crippen LogP contribution is -2.59. The van der Waals surface area contributed by atoms with E-state index in [2.05, 4.69) is 20.8 Å². The molecule has 4 saturated carbocycles. The molecular formula is C32H54O7. The maximum absolute atomic E-state index is 12.9. The number of rotatable bonds is 10. The maximum Gasteiger partial charge on any atom is 0.309 e. The number of ether oxygens (including phenoxy) is 2. The van der Waals surface area contributed by atoms with Gasteiger partial charge in [0.05, 0.1) is 38.8 Å². The molecule has 224 valence electrons. The number of carbonyl (C=O) groups is 2. The smallest absolute Gasteiger partial charge is 0.309 e. The molecule has 4 fully saturated rings. The number of aliphatic hydroxyl groups excluding tert-OH is 1. The molecule has 0 spiro atoms. The van der Waals surface area contributed by atoms with Gasteiger partial charge in [-0.2, -0.15) is 0 Å². The summed E-state index contributed by atoms with van der Waals surface area (Å²) in [5.74, 6) is 1.72. The number of aliphatic hydroxyl groups is 1. The third-order valence-corrected chi connectivity index (χ3v) is 12.5. The average Bonchev–Trinajstić information content (AvgIpc) is 3.29. The third kappa shape index (κ3) is 5.66. The highest BCUT2D eigenvalue weighted by Gasteiger charge is 2.63. The van der Waals surface area contributed by atoms with Gasteiger partial charge in [-0.1, -0.05) is 34.6 Å². The van der Waals surface area contributed by atoms with Crippen LogP contribution in [0.2, 0.25) is 0 Å². The molecule has 0 radical (unpaired) electrons. The van der Waals surface area contributed by atoms with E-state index < -0.39 is 11.8 Å². The van der Waals surface area contributed by atoms with Crippen LogP contribution in [-0.2, 0) is 28.8 Å². The Hall–Kier alpha value is -1.18. The van der Waals surface area contributed by atoms with Crippen molar-refractivity contribution in [2.75, 3.05) is 20.8 Å². The molecule has 12 atom stereocenters. The Morgan fingerprint density at radius 1 is 0.923 bits per heavy atom. The van der Waals surface area contributed by atoms with Crippen molar-refractivity contribution in [1.82, 2.24) is 0 Å². The fourth-order valence-electron chi connectivity index (χ4n) is 9.86. The van der Waals surface area contributed by atoms with Crippen molar-refractivity contribution in [3.05, 3.63) is 0 Å². The van der Waals surface area contributed by atoms with E-state index in [9.17, 15) is 14.7 Å². The summed E-state index contributed by atoms with van der Waals surface area (Å²) in [5, 5.41) is 11.8. The summed E-state index contributed by atoms with van der Waals surface area (Å²) in [6, 6.07) is 0. The Morgan fingerprint density at radius 3 is 2.33 bits per heavy atom. The molecule has 0 saturated heterocycles. The zero-order chi connectivity index (χ0) is 28.5. The molecule has 0 aromatic carbocycles. The van der Waals surface area contributed by atoms with Crippen LogP contribution in [-0.4, -0.2) is 50.1 Å². The first-order valence-corrected chi connectivity index (χ1v) is 15.6. The van der Waals surface area contributed by atoms with Crippen molar-refractivity contribution < 1.29 is 33.9 Å². The average molecular weight is 551 g/mol. The zero-order valence-electron chi connectivity index (χ0n) is 25.4. The first-order chi connectivity index (χ1) is 18.5. The van der Waals surface area contributed by atoms with Crippen molar-refractivity contribution in [3.8, 4) is 0 Å². The standard InChI is InChI=1S/C32H54O7/c1-19(9-8-16-38-37-7)25-12-13-26-24-11-10-22-17-23(39-30(35)21(3)20(2)29(34)36-6)14-15-31(22,4)27(24)18-28(33)32(25,26)5/h19-28,33H,8-18H2,1-7H3. The molecule has 4 rings (SSSR count). The molecule has 12 unspecified atom stereocenters. The van der Waals surface area contributed by atoms with Crippen LogP contribution in [0.25, 0.3) is 0 Å². The molecule has 4 aliphatic carbocycles. The minimum absolute atomic E-state index is 0.00883. The van der Waals surface area contributed by atoms with Gasteiger partial charge in [0.1, 0.15) is 6.10 Å². The number of methoxy groups -OCH3 is 1. The molecule has 0 aliphatic heterocycles. The van der Waals surface area contributed by atoms with Crippen LogP contribution in [0.3, 0.4) is 0 Å². The van der Waals surface area contributed by atoms with Crippen LogP contribution in [0, 0.1) is 58.2 Å². The highest BCUT2D eigenvalue weighted by atomic mass is 17.2. The summed E-state index contributed by atoms with van der Waals surface area (Å²) >= 11 is 0. The highest BCUT2D eigenvalue weighted by molar-refractivity contribution is 5.81. The lowest BCUT2D eigenvalue weighted by Gasteiger charge is -2.62. The van der Waals surface area contributed by atoms with Gasteiger partial charge in [-0.05, 0) is 111 Å². The van der Waals surface area contributed by atoms with Crippen molar-refractivity contribution in [3.63, 3.8) is 0 Å². The largest absolute Gasteiger partial charge is 0.469 e. The second kappa shape index (κ2) is 12.4. The number of carbonyl (C=O) groups excluding carboxylic acids is 2. The van der Waals surface area contributed by atoms with Gasteiger partial charge in [-0.3, -0.25) is 9.59 Å². The lowest BCUT2D eigenvalue weighted by atomic mass is 9.43. The maximum atomic E-state index is 12.9. The van der Waals surface area contributed by atoms with E-state index in [1.807, 2.05) is 0 Å². The summed E-state index contributed by atoms with van der Waals surface area (Å²) in [5.41, 5.74) is 0.172. The molecule has 0 aromatic heterocycles. The fraction of sp³-hybridized carbons (Fsp3) is 0.938. The second-order valence-corrected chi connectivity index (χ2v) is 14.0. The monoisotopic (exact) mass is 550 g/mol. The van der Waals surface area contributed by atoms with Crippen molar-refractivity contribution >= 4 is 11.9 Å². The van der Waals surface area contributed by atoms with Gasteiger partial charge >= 0.3 is 11.9 Å². The summed E-state index contributed by atoms with van der Waals surface area (Å²) in [7, 11) is 2.91. The molecule has 39 heavy (non-hydrogen) atoms. The molecule has 0 aromatic rings. The lowest BCUT2D eigenvalue weighted by molar-refractivity contribution is -0.273. The number of hydrogen-bond donors (Lipinski definition) is 1. The van der Waals surface area contributed by atoms with Crippen LogP contribution >= 0.6 is 0 Å². The summed E-state index contributed by atoms with van der Waals surface area (Å²) < 4.78 is 10.8. The Bertz CT molecular complexity index is 861. The van der Waals surface area contributed by atoms with Crippen LogP contribution in [0.4, 0.5) is 0 Å². The van der Waals surface area contributed by atoms with Crippen molar-refractivity contribution in [2.45, 2.75) is 111 Å². The molecule has 7 heteroatoms. The number of fused-ring (bicyclic) bond motifs is 5. The van der Waals surface area contributed by atoms with E-state index in [-0.39, 0.29) is 35.0 Å². The molecule has 1 N–H and O–H groups in total. The van der Waals surface area contributed by atoms with E-state index in [1.165, 1.54) is 32.8 Å². The molecule has 0 amide bonds. The van der Waals surface area contributed by atoms with E-state index in [0.29, 0.717) is 42.1 Å². The second-order valence-electron chi connectivity index (χ2n) is 14.0. The Balaban J connectivity index is 1.40. The Labute approximate surface area is 236 Å². The van der Waals surface area contributed by atoms with Gasteiger partial charge in [0.15, 0.2) is 0 Å². The van der Waals surface area contributed by atoms with E-state index in [0.717, 1.165) is 38.5 Å². The highest BCUT2D eigenvalue weighted by Crippen LogP contribution is 2.68. The van der Waals surface area contributed by atoms with Crippen molar-refractivity contribution in [1.29, 1.82) is 0 Å². The van der Waals surface area contributed by atoms with Gasteiger partial charge < -0.3 is 14.6 Å². The Kier molecular flexibility index (Phi) is 9.75.